The number of thioether (sulfide) groups is 1. The zero-order valence-electron chi connectivity index (χ0n) is 18.4. The molecule has 0 bridgehead atoms. The first-order valence-corrected chi connectivity index (χ1v) is 12.4. The Balaban J connectivity index is 1.58. The van der Waals surface area contributed by atoms with Crippen LogP contribution in [0.1, 0.15) is 16.7 Å². The summed E-state index contributed by atoms with van der Waals surface area (Å²) in [5.41, 5.74) is 2.43. The largest absolute Gasteiger partial charge is 0.378 e. The van der Waals surface area contributed by atoms with Gasteiger partial charge in [-0.15, -0.1) is 0 Å². The minimum atomic E-state index is -0.253. The molecule has 2 fully saturated rings. The molecule has 0 unspecified atom stereocenters. The summed E-state index contributed by atoms with van der Waals surface area (Å²) in [7, 11) is 0. The number of rotatable bonds is 4. The van der Waals surface area contributed by atoms with E-state index in [1.165, 1.54) is 21.1 Å². The van der Waals surface area contributed by atoms with Crippen molar-refractivity contribution in [3.63, 3.8) is 0 Å². The number of ether oxygens (including phenoxy) is 1. The van der Waals surface area contributed by atoms with Crippen LogP contribution in [0.3, 0.4) is 0 Å². The lowest BCUT2D eigenvalue weighted by Crippen LogP contribution is -2.38. The van der Waals surface area contributed by atoms with E-state index in [1.807, 2.05) is 42.2 Å². The number of carbonyl (C=O) groups excluding carboxylic acids is 1. The van der Waals surface area contributed by atoms with E-state index in [-0.39, 0.29) is 18.0 Å². The minimum absolute atomic E-state index is 0.230. The van der Waals surface area contributed by atoms with Crippen molar-refractivity contribution in [3.05, 3.63) is 79.6 Å². The number of thiocarbonyl (C=S) groups is 1. The number of hydrogen-bond donors (Lipinski definition) is 0. The average molecular weight is 513 g/mol. The molecule has 7 nitrogen and oxygen atoms in total. The van der Waals surface area contributed by atoms with Crippen LogP contribution in [0, 0.1) is 6.92 Å². The van der Waals surface area contributed by atoms with E-state index in [0.717, 1.165) is 11.1 Å². The highest BCUT2D eigenvalue weighted by Gasteiger charge is 2.33. The topological polar surface area (TPSA) is 67.2 Å². The lowest BCUT2D eigenvalue weighted by molar-refractivity contribution is -0.122. The first-order valence-electron chi connectivity index (χ1n) is 10.8. The van der Waals surface area contributed by atoms with E-state index in [9.17, 15) is 9.59 Å². The maximum Gasteiger partial charge on any atom is 0.267 e. The fourth-order valence-electron chi connectivity index (χ4n) is 3.95. The molecule has 2 saturated heterocycles. The number of anilines is 1. The molecule has 4 heterocycles. The molecule has 0 N–H and O–H groups in total. The van der Waals surface area contributed by atoms with Gasteiger partial charge >= 0.3 is 0 Å². The van der Waals surface area contributed by atoms with Crippen molar-refractivity contribution in [2.45, 2.75) is 13.5 Å². The van der Waals surface area contributed by atoms with Gasteiger partial charge in [0.2, 0.25) is 0 Å². The predicted octanol–water partition coefficient (Wildman–Crippen LogP) is 3.89. The number of aromatic nitrogens is 2. The van der Waals surface area contributed by atoms with Gasteiger partial charge in [0, 0.05) is 24.3 Å². The van der Waals surface area contributed by atoms with Crippen LogP contribution in [0.4, 0.5) is 5.82 Å². The van der Waals surface area contributed by atoms with Crippen molar-refractivity contribution >= 4 is 63.3 Å². The first-order chi connectivity index (χ1) is 16.4. The maximum absolute atomic E-state index is 13.6. The van der Waals surface area contributed by atoms with E-state index in [0.29, 0.717) is 57.6 Å². The summed E-state index contributed by atoms with van der Waals surface area (Å²) in [6.07, 6.45) is 3.38. The van der Waals surface area contributed by atoms with E-state index in [1.54, 1.807) is 18.3 Å². The molecule has 5 rings (SSSR count). The molecule has 0 atom stereocenters. The van der Waals surface area contributed by atoms with Gasteiger partial charge in [-0.05, 0) is 36.3 Å². The predicted molar refractivity (Wildman–Crippen MR) is 139 cm³/mol. The van der Waals surface area contributed by atoms with Gasteiger partial charge in [0.1, 0.15) is 15.8 Å². The summed E-state index contributed by atoms with van der Waals surface area (Å²) < 4.78 is 7.43. The van der Waals surface area contributed by atoms with Gasteiger partial charge in [-0.3, -0.25) is 18.9 Å². The van der Waals surface area contributed by atoms with Crippen LogP contribution in [0.25, 0.3) is 11.7 Å². The van der Waals surface area contributed by atoms with Crippen molar-refractivity contribution in [2.24, 2.45) is 0 Å². The lowest BCUT2D eigenvalue weighted by atomic mass is 10.2. The molecule has 10 heteroatoms. The summed E-state index contributed by atoms with van der Waals surface area (Å²) in [5, 5.41) is 0.572. The molecule has 2 aliphatic rings. The highest BCUT2D eigenvalue weighted by Crippen LogP contribution is 2.35. The third-order valence-electron chi connectivity index (χ3n) is 5.73. The second-order valence-corrected chi connectivity index (χ2v) is 10.1. The zero-order valence-corrected chi connectivity index (χ0v) is 20.8. The van der Waals surface area contributed by atoms with Gasteiger partial charge in [-0.2, -0.15) is 0 Å². The van der Waals surface area contributed by atoms with Crippen molar-refractivity contribution in [1.82, 2.24) is 14.3 Å². The molecule has 1 aromatic carbocycles. The minimum Gasteiger partial charge on any atom is -0.378 e. The van der Waals surface area contributed by atoms with E-state index >= 15 is 0 Å². The molecule has 34 heavy (non-hydrogen) atoms. The highest BCUT2D eigenvalue weighted by molar-refractivity contribution is 8.26. The van der Waals surface area contributed by atoms with Crippen LogP contribution in [0.2, 0.25) is 5.02 Å². The number of amides is 1. The Labute approximate surface area is 211 Å². The fourth-order valence-corrected chi connectivity index (χ4v) is 5.39. The van der Waals surface area contributed by atoms with Crippen LogP contribution < -0.4 is 10.5 Å². The van der Waals surface area contributed by atoms with Crippen molar-refractivity contribution < 1.29 is 9.53 Å². The number of nitrogens with zero attached hydrogens (tertiary/aromatic N) is 4. The molecule has 0 saturated carbocycles. The molecular formula is C24H21ClN4O3S2. The van der Waals surface area contributed by atoms with Crippen LogP contribution in [0.15, 0.2) is 52.3 Å². The molecule has 0 radical (unpaired) electrons. The second-order valence-electron chi connectivity index (χ2n) is 8.05. The highest BCUT2D eigenvalue weighted by atomic mass is 35.5. The van der Waals surface area contributed by atoms with Gasteiger partial charge in [0.25, 0.3) is 11.5 Å². The van der Waals surface area contributed by atoms with Crippen LogP contribution >= 0.6 is 35.6 Å². The molecule has 174 valence electrons. The Bertz CT molecular complexity index is 1400. The molecule has 1 amide bonds. The molecule has 0 aliphatic carbocycles. The lowest BCUT2D eigenvalue weighted by Gasteiger charge is -2.29. The summed E-state index contributed by atoms with van der Waals surface area (Å²) in [5.74, 6) is 0.296. The van der Waals surface area contributed by atoms with Gasteiger partial charge in [-0.25, -0.2) is 4.98 Å². The molecule has 0 spiro atoms. The fraction of sp³-hybridized carbons (Fsp3) is 0.250. The van der Waals surface area contributed by atoms with E-state index < -0.39 is 0 Å². The standard InChI is InChI=1S/C24H21ClN4O3S2/c1-15-6-7-20-26-21(27-8-10-32-11-9-27)17(22(30)28(20)13-15)12-19-23(31)29(24(33)34-19)14-16-4-2-3-5-18(16)25/h2-7,12-13H,8-11,14H2,1H3. The number of aryl methyl sites for hydroxylation is 1. The quantitative estimate of drug-likeness (QED) is 0.388. The molecule has 2 aliphatic heterocycles. The van der Waals surface area contributed by atoms with E-state index in [4.69, 9.17) is 33.5 Å². The molecule has 3 aromatic rings. The number of morpholine rings is 1. The van der Waals surface area contributed by atoms with Crippen molar-refractivity contribution in [2.75, 3.05) is 31.2 Å². The van der Waals surface area contributed by atoms with Crippen LogP contribution in [-0.2, 0) is 16.1 Å². The van der Waals surface area contributed by atoms with Crippen LogP contribution in [-0.4, -0.2) is 50.8 Å². The zero-order chi connectivity index (χ0) is 23.8. The molecule has 2 aromatic heterocycles. The Morgan fingerprint density at radius 1 is 1.18 bits per heavy atom. The number of fused-ring (bicyclic) bond motifs is 1. The van der Waals surface area contributed by atoms with Crippen molar-refractivity contribution in [1.29, 1.82) is 0 Å². The van der Waals surface area contributed by atoms with Gasteiger partial charge < -0.3 is 9.64 Å². The van der Waals surface area contributed by atoms with Crippen LogP contribution in [0.5, 0.6) is 0 Å². The number of benzene rings is 1. The van der Waals surface area contributed by atoms with Gasteiger partial charge in [0.15, 0.2) is 0 Å². The Hall–Kier alpha value is -2.72. The first kappa shape index (κ1) is 23.0. The summed E-state index contributed by atoms with van der Waals surface area (Å²) in [4.78, 5) is 35.6. The summed E-state index contributed by atoms with van der Waals surface area (Å²) in [6.45, 7) is 4.52. The van der Waals surface area contributed by atoms with Gasteiger partial charge in [-0.1, -0.05) is 59.8 Å². The molecular weight excluding hydrogens is 492 g/mol. The Morgan fingerprint density at radius 2 is 1.94 bits per heavy atom. The average Bonchev–Trinajstić information content (AvgIpc) is 3.10. The smallest absolute Gasteiger partial charge is 0.267 e. The number of halogens is 1. The second kappa shape index (κ2) is 9.50. The SMILES string of the molecule is Cc1ccc2nc(N3CCOCC3)c(C=C3SC(=S)N(Cc4ccccc4Cl)C3=O)c(=O)n2c1. The van der Waals surface area contributed by atoms with Gasteiger partial charge in [0.05, 0.1) is 30.2 Å². The Kier molecular flexibility index (Phi) is 6.44. The number of carbonyl (C=O) groups is 1. The number of pyridine rings is 1. The maximum atomic E-state index is 13.6. The number of hydrogen-bond acceptors (Lipinski definition) is 7. The third kappa shape index (κ3) is 4.36. The normalized spacial score (nSPS) is 17.9. The third-order valence-corrected chi connectivity index (χ3v) is 7.48. The summed E-state index contributed by atoms with van der Waals surface area (Å²) >= 11 is 13.0. The summed E-state index contributed by atoms with van der Waals surface area (Å²) in [6, 6.07) is 11.1. The van der Waals surface area contributed by atoms with E-state index in [2.05, 4.69) is 0 Å². The van der Waals surface area contributed by atoms with Crippen molar-refractivity contribution in [3.8, 4) is 0 Å². The monoisotopic (exact) mass is 512 g/mol. The Morgan fingerprint density at radius 3 is 2.71 bits per heavy atom.